The van der Waals surface area contributed by atoms with Crippen LogP contribution in [0.25, 0.3) is 11.0 Å². The number of hydrogen-bond donors (Lipinski definition) is 2. The Kier molecular flexibility index (Phi) is 6.01. The molecule has 0 aliphatic heterocycles. The molecule has 0 saturated heterocycles. The zero-order chi connectivity index (χ0) is 20.3. The maximum absolute atomic E-state index is 12.8. The lowest BCUT2D eigenvalue weighted by Gasteiger charge is -2.12. The molecule has 2 heterocycles. The van der Waals surface area contributed by atoms with E-state index >= 15 is 0 Å². The maximum Gasteiger partial charge on any atom is 0.323 e. The van der Waals surface area contributed by atoms with Crippen LogP contribution in [0.1, 0.15) is 15.9 Å². The first-order valence-electron chi connectivity index (χ1n) is 8.22. The summed E-state index contributed by atoms with van der Waals surface area (Å²) in [5.41, 5.74) is 0.208. The van der Waals surface area contributed by atoms with Crippen LogP contribution in [-0.2, 0) is 17.9 Å². The molecule has 0 atom stereocenters. The first kappa shape index (κ1) is 19.9. The van der Waals surface area contributed by atoms with Gasteiger partial charge in [-0.25, -0.2) is 4.98 Å². The van der Waals surface area contributed by atoms with Gasteiger partial charge in [0.15, 0.2) is 0 Å². The molecule has 144 valence electrons. The van der Waals surface area contributed by atoms with Crippen LogP contribution in [0.5, 0.6) is 0 Å². The Morgan fingerprint density at radius 2 is 1.93 bits per heavy atom. The van der Waals surface area contributed by atoms with Crippen molar-refractivity contribution in [3.8, 4) is 0 Å². The highest BCUT2D eigenvalue weighted by molar-refractivity contribution is 7.98. The summed E-state index contributed by atoms with van der Waals surface area (Å²) in [6.07, 6.45) is 1.83. The van der Waals surface area contributed by atoms with E-state index in [4.69, 9.17) is 11.6 Å². The number of amides is 1. The van der Waals surface area contributed by atoms with Gasteiger partial charge in [-0.05, 0) is 42.2 Å². The SMILES string of the molecule is CSc1ccc2cc(C(=O)NCc3ccc(Cl)cc3)c(=O)n(CC(=O)O)c2n1. The fourth-order valence-corrected chi connectivity index (χ4v) is 3.18. The van der Waals surface area contributed by atoms with E-state index in [1.54, 1.807) is 36.4 Å². The average molecular weight is 418 g/mol. The summed E-state index contributed by atoms with van der Waals surface area (Å²) in [6.45, 7) is -0.380. The first-order chi connectivity index (χ1) is 13.4. The van der Waals surface area contributed by atoms with Gasteiger partial charge in [-0.2, -0.15) is 0 Å². The topological polar surface area (TPSA) is 101 Å². The van der Waals surface area contributed by atoms with Crippen molar-refractivity contribution in [1.82, 2.24) is 14.9 Å². The fraction of sp³-hybridized carbons (Fsp3) is 0.158. The second-order valence-corrected chi connectivity index (χ2v) is 7.18. The van der Waals surface area contributed by atoms with Gasteiger partial charge in [-0.3, -0.25) is 19.0 Å². The van der Waals surface area contributed by atoms with E-state index in [0.717, 1.165) is 10.1 Å². The molecule has 3 aromatic rings. The van der Waals surface area contributed by atoms with Gasteiger partial charge in [0.25, 0.3) is 11.5 Å². The van der Waals surface area contributed by atoms with Crippen LogP contribution in [0.3, 0.4) is 0 Å². The Balaban J connectivity index is 1.98. The number of benzene rings is 1. The lowest BCUT2D eigenvalue weighted by Crippen LogP contribution is -2.34. The minimum absolute atomic E-state index is 0.138. The number of aromatic nitrogens is 2. The molecule has 3 rings (SSSR count). The van der Waals surface area contributed by atoms with E-state index in [0.29, 0.717) is 15.4 Å². The van der Waals surface area contributed by atoms with Gasteiger partial charge >= 0.3 is 5.97 Å². The van der Waals surface area contributed by atoms with Crippen LogP contribution in [0.4, 0.5) is 0 Å². The molecule has 0 saturated carbocycles. The predicted molar refractivity (Wildman–Crippen MR) is 108 cm³/mol. The largest absolute Gasteiger partial charge is 0.480 e. The molecule has 9 heteroatoms. The molecular formula is C19H16ClN3O4S. The summed E-state index contributed by atoms with van der Waals surface area (Å²) in [7, 11) is 0. The van der Waals surface area contributed by atoms with E-state index < -0.39 is 24.0 Å². The predicted octanol–water partition coefficient (Wildman–Crippen LogP) is 2.79. The highest BCUT2D eigenvalue weighted by Crippen LogP contribution is 2.18. The number of carboxylic acids is 1. The zero-order valence-electron chi connectivity index (χ0n) is 14.8. The number of hydrogen-bond acceptors (Lipinski definition) is 5. The van der Waals surface area contributed by atoms with Crippen molar-refractivity contribution >= 4 is 46.3 Å². The van der Waals surface area contributed by atoms with E-state index in [-0.39, 0.29) is 17.8 Å². The van der Waals surface area contributed by atoms with E-state index in [1.807, 2.05) is 6.26 Å². The Morgan fingerprint density at radius 3 is 2.57 bits per heavy atom. The molecule has 1 aromatic carbocycles. The number of halogens is 1. The summed E-state index contributed by atoms with van der Waals surface area (Å²) in [5.74, 6) is -1.78. The van der Waals surface area contributed by atoms with E-state index in [1.165, 1.54) is 17.8 Å². The molecule has 0 spiro atoms. The van der Waals surface area contributed by atoms with Gasteiger partial charge in [0.05, 0.1) is 5.03 Å². The Bertz CT molecular complexity index is 1110. The summed E-state index contributed by atoms with van der Waals surface area (Å²) in [4.78, 5) is 40.9. The summed E-state index contributed by atoms with van der Waals surface area (Å²) in [5, 5.41) is 13.6. The third-order valence-electron chi connectivity index (χ3n) is 4.02. The maximum atomic E-state index is 12.8. The Labute approximate surface area is 169 Å². The minimum Gasteiger partial charge on any atom is -0.480 e. The van der Waals surface area contributed by atoms with Crippen molar-refractivity contribution in [1.29, 1.82) is 0 Å². The Hall–Kier alpha value is -2.84. The molecule has 0 aliphatic carbocycles. The van der Waals surface area contributed by atoms with E-state index in [2.05, 4.69) is 10.3 Å². The molecule has 2 N–H and O–H groups in total. The number of carbonyl (C=O) groups is 2. The monoisotopic (exact) mass is 417 g/mol. The minimum atomic E-state index is -1.20. The smallest absolute Gasteiger partial charge is 0.323 e. The molecule has 1 amide bonds. The number of carbonyl (C=O) groups excluding carboxylic acids is 1. The third kappa shape index (κ3) is 4.35. The molecule has 28 heavy (non-hydrogen) atoms. The highest BCUT2D eigenvalue weighted by Gasteiger charge is 2.18. The van der Waals surface area contributed by atoms with Crippen LogP contribution in [0.2, 0.25) is 5.02 Å². The number of aliphatic carboxylic acids is 1. The van der Waals surface area contributed by atoms with Crippen molar-refractivity contribution in [3.63, 3.8) is 0 Å². The van der Waals surface area contributed by atoms with Gasteiger partial charge in [-0.1, -0.05) is 23.7 Å². The standard InChI is InChI=1S/C19H16ClN3O4S/c1-28-15-7-4-12-8-14(19(27)23(10-16(24)25)17(12)22-15)18(26)21-9-11-2-5-13(20)6-3-11/h2-8H,9-10H2,1H3,(H,21,26)(H,24,25). The molecule has 0 aliphatic rings. The number of thioether (sulfide) groups is 1. The van der Waals surface area contributed by atoms with E-state index in [9.17, 15) is 19.5 Å². The number of rotatable bonds is 6. The van der Waals surface area contributed by atoms with Crippen molar-refractivity contribution < 1.29 is 14.7 Å². The molecule has 0 unspecified atom stereocenters. The number of nitrogens with zero attached hydrogens (tertiary/aromatic N) is 2. The van der Waals surface area contributed by atoms with Gasteiger partial charge in [0.1, 0.15) is 17.8 Å². The summed E-state index contributed by atoms with van der Waals surface area (Å²) < 4.78 is 1.01. The number of pyridine rings is 2. The van der Waals surface area contributed by atoms with Crippen LogP contribution in [0, 0.1) is 0 Å². The molecule has 2 aromatic heterocycles. The quantitative estimate of drug-likeness (QED) is 0.598. The molecule has 0 radical (unpaired) electrons. The van der Waals surface area contributed by atoms with Crippen molar-refractivity contribution in [2.75, 3.05) is 6.26 Å². The lowest BCUT2D eigenvalue weighted by atomic mass is 10.1. The van der Waals surface area contributed by atoms with Gasteiger partial charge in [0.2, 0.25) is 0 Å². The van der Waals surface area contributed by atoms with Crippen molar-refractivity contribution in [2.45, 2.75) is 18.1 Å². The number of carboxylic acid groups (broad SMARTS) is 1. The summed E-state index contributed by atoms with van der Waals surface area (Å²) >= 11 is 7.21. The number of nitrogens with one attached hydrogen (secondary N) is 1. The van der Waals surface area contributed by atoms with Crippen LogP contribution in [0.15, 0.2) is 52.3 Å². The van der Waals surface area contributed by atoms with Crippen LogP contribution in [-0.4, -0.2) is 32.8 Å². The van der Waals surface area contributed by atoms with Gasteiger partial charge in [0, 0.05) is 17.0 Å². The normalized spacial score (nSPS) is 10.8. The molecule has 0 bridgehead atoms. The lowest BCUT2D eigenvalue weighted by molar-refractivity contribution is -0.137. The average Bonchev–Trinajstić information content (AvgIpc) is 2.68. The molecule has 7 nitrogen and oxygen atoms in total. The second-order valence-electron chi connectivity index (χ2n) is 5.92. The van der Waals surface area contributed by atoms with Crippen LogP contribution < -0.4 is 10.9 Å². The van der Waals surface area contributed by atoms with Crippen LogP contribution >= 0.6 is 23.4 Å². The van der Waals surface area contributed by atoms with Gasteiger partial charge in [-0.15, -0.1) is 11.8 Å². The fourth-order valence-electron chi connectivity index (χ4n) is 2.67. The highest BCUT2D eigenvalue weighted by atomic mass is 35.5. The molecular weight excluding hydrogens is 402 g/mol. The molecule has 0 fully saturated rings. The zero-order valence-corrected chi connectivity index (χ0v) is 16.4. The second kappa shape index (κ2) is 8.45. The third-order valence-corrected chi connectivity index (χ3v) is 4.92. The van der Waals surface area contributed by atoms with Crippen molar-refractivity contribution in [3.05, 3.63) is 69.0 Å². The summed E-state index contributed by atoms with van der Waals surface area (Å²) in [6, 6.07) is 11.8. The Morgan fingerprint density at radius 1 is 1.21 bits per heavy atom. The van der Waals surface area contributed by atoms with Crippen molar-refractivity contribution in [2.24, 2.45) is 0 Å². The number of fused-ring (bicyclic) bond motifs is 1. The van der Waals surface area contributed by atoms with Gasteiger partial charge < -0.3 is 10.4 Å². The first-order valence-corrected chi connectivity index (χ1v) is 9.82.